The maximum atomic E-state index is 12.7. The second-order valence-electron chi connectivity index (χ2n) is 5.17. The molecule has 0 saturated carbocycles. The molecule has 1 fully saturated rings. The summed E-state index contributed by atoms with van der Waals surface area (Å²) < 4.78 is 11.1. The summed E-state index contributed by atoms with van der Waals surface area (Å²) >= 11 is 0. The molecule has 1 aromatic carbocycles. The molecule has 2 heterocycles. The molecule has 0 N–H and O–H groups in total. The van der Waals surface area contributed by atoms with Gasteiger partial charge in [-0.1, -0.05) is 25.0 Å². The lowest BCUT2D eigenvalue weighted by atomic mass is 10.2. The first-order chi connectivity index (χ1) is 9.81. The fraction of sp³-hybridized carbons (Fsp3) is 0.438. The van der Waals surface area contributed by atoms with E-state index in [1.807, 2.05) is 29.2 Å². The molecule has 3 rings (SSSR count). The first kappa shape index (κ1) is 13.0. The largest absolute Gasteiger partial charge is 0.492 e. The number of fused-ring (bicyclic) bond motifs is 1. The molecular formula is C16H19NO3. The van der Waals surface area contributed by atoms with Gasteiger partial charge in [0.2, 0.25) is 5.76 Å². The standard InChI is InChI=1S/C16H19NO3/c1-19-14-12-8-4-5-9-13(12)20-15(14)16(18)17-10-6-2-3-7-11-17/h4-5,8-9H,2-3,6-7,10-11H2,1H3. The minimum Gasteiger partial charge on any atom is -0.492 e. The van der Waals surface area contributed by atoms with E-state index in [-0.39, 0.29) is 5.91 Å². The second kappa shape index (κ2) is 5.57. The van der Waals surface area contributed by atoms with E-state index >= 15 is 0 Å². The molecule has 2 aromatic rings. The molecule has 106 valence electrons. The molecule has 1 saturated heterocycles. The lowest BCUT2D eigenvalue weighted by Gasteiger charge is -2.19. The minimum absolute atomic E-state index is 0.0556. The highest BCUT2D eigenvalue weighted by Gasteiger charge is 2.26. The number of hydrogen-bond acceptors (Lipinski definition) is 3. The van der Waals surface area contributed by atoms with Crippen molar-refractivity contribution in [2.75, 3.05) is 20.2 Å². The van der Waals surface area contributed by atoms with Crippen molar-refractivity contribution in [1.82, 2.24) is 4.90 Å². The zero-order valence-corrected chi connectivity index (χ0v) is 11.7. The van der Waals surface area contributed by atoms with Gasteiger partial charge in [-0.05, 0) is 25.0 Å². The number of ether oxygens (including phenoxy) is 1. The Morgan fingerprint density at radius 3 is 2.55 bits per heavy atom. The van der Waals surface area contributed by atoms with E-state index in [4.69, 9.17) is 9.15 Å². The highest BCUT2D eigenvalue weighted by molar-refractivity contribution is 6.01. The van der Waals surface area contributed by atoms with Crippen LogP contribution in [0.5, 0.6) is 5.75 Å². The highest BCUT2D eigenvalue weighted by Crippen LogP contribution is 2.33. The highest BCUT2D eigenvalue weighted by atomic mass is 16.5. The molecule has 4 heteroatoms. The van der Waals surface area contributed by atoms with Crippen LogP contribution >= 0.6 is 0 Å². The first-order valence-electron chi connectivity index (χ1n) is 7.16. The van der Waals surface area contributed by atoms with Gasteiger partial charge >= 0.3 is 0 Å². The molecule has 0 unspecified atom stereocenters. The average Bonchev–Trinajstić information content (AvgIpc) is 2.65. The Morgan fingerprint density at radius 2 is 1.85 bits per heavy atom. The summed E-state index contributed by atoms with van der Waals surface area (Å²) in [5, 5.41) is 0.855. The Morgan fingerprint density at radius 1 is 1.15 bits per heavy atom. The third-order valence-electron chi connectivity index (χ3n) is 3.84. The van der Waals surface area contributed by atoms with Crippen molar-refractivity contribution in [3.63, 3.8) is 0 Å². The number of carbonyl (C=O) groups excluding carboxylic acids is 1. The molecule has 0 radical (unpaired) electrons. The van der Waals surface area contributed by atoms with Crippen molar-refractivity contribution in [2.45, 2.75) is 25.7 Å². The number of nitrogens with zero attached hydrogens (tertiary/aromatic N) is 1. The van der Waals surface area contributed by atoms with Crippen molar-refractivity contribution >= 4 is 16.9 Å². The molecule has 0 atom stereocenters. The lowest BCUT2D eigenvalue weighted by Crippen LogP contribution is -2.31. The molecule has 20 heavy (non-hydrogen) atoms. The van der Waals surface area contributed by atoms with Crippen molar-refractivity contribution < 1.29 is 13.9 Å². The fourth-order valence-electron chi connectivity index (χ4n) is 2.78. The van der Waals surface area contributed by atoms with Crippen molar-refractivity contribution in [3.8, 4) is 5.75 Å². The number of methoxy groups -OCH3 is 1. The number of furan rings is 1. The monoisotopic (exact) mass is 273 g/mol. The van der Waals surface area contributed by atoms with Crippen LogP contribution in [0.15, 0.2) is 28.7 Å². The number of carbonyl (C=O) groups is 1. The molecular weight excluding hydrogens is 254 g/mol. The van der Waals surface area contributed by atoms with Crippen LogP contribution < -0.4 is 4.74 Å². The number of para-hydroxylation sites is 1. The van der Waals surface area contributed by atoms with E-state index in [2.05, 4.69) is 0 Å². The van der Waals surface area contributed by atoms with Crippen molar-refractivity contribution in [2.24, 2.45) is 0 Å². The zero-order valence-electron chi connectivity index (χ0n) is 11.7. The second-order valence-corrected chi connectivity index (χ2v) is 5.17. The maximum Gasteiger partial charge on any atom is 0.293 e. The summed E-state index contributed by atoms with van der Waals surface area (Å²) in [7, 11) is 1.58. The van der Waals surface area contributed by atoms with Gasteiger partial charge in [-0.2, -0.15) is 0 Å². The summed E-state index contributed by atoms with van der Waals surface area (Å²) in [5.41, 5.74) is 0.697. The van der Waals surface area contributed by atoms with Crippen LogP contribution in [-0.2, 0) is 0 Å². The van der Waals surface area contributed by atoms with E-state index in [0.29, 0.717) is 17.1 Å². The van der Waals surface area contributed by atoms with Crippen LogP contribution in [0.3, 0.4) is 0 Å². The van der Waals surface area contributed by atoms with E-state index < -0.39 is 0 Å². The third kappa shape index (κ3) is 2.26. The fourth-order valence-corrected chi connectivity index (χ4v) is 2.78. The van der Waals surface area contributed by atoms with Crippen LogP contribution in [0, 0.1) is 0 Å². The van der Waals surface area contributed by atoms with Gasteiger partial charge in [0.1, 0.15) is 5.58 Å². The van der Waals surface area contributed by atoms with E-state index in [1.54, 1.807) is 7.11 Å². The molecule has 0 aliphatic carbocycles. The van der Waals surface area contributed by atoms with Crippen LogP contribution in [0.25, 0.3) is 11.0 Å². The van der Waals surface area contributed by atoms with Crippen molar-refractivity contribution in [1.29, 1.82) is 0 Å². The van der Waals surface area contributed by atoms with E-state index in [9.17, 15) is 4.79 Å². The van der Waals surface area contributed by atoms with Gasteiger partial charge in [0.15, 0.2) is 5.75 Å². The van der Waals surface area contributed by atoms with Crippen LogP contribution in [0.2, 0.25) is 0 Å². The van der Waals surface area contributed by atoms with Gasteiger partial charge in [0.05, 0.1) is 12.5 Å². The Balaban J connectivity index is 1.98. The van der Waals surface area contributed by atoms with Crippen molar-refractivity contribution in [3.05, 3.63) is 30.0 Å². The van der Waals surface area contributed by atoms with Gasteiger partial charge in [0.25, 0.3) is 5.91 Å². The normalized spacial score (nSPS) is 16.1. The summed E-state index contributed by atoms with van der Waals surface area (Å²) in [6.07, 6.45) is 4.52. The van der Waals surface area contributed by atoms with Gasteiger partial charge < -0.3 is 14.1 Å². The SMILES string of the molecule is COc1c(C(=O)N2CCCCCC2)oc2ccccc12. The third-order valence-corrected chi connectivity index (χ3v) is 3.84. The van der Waals surface area contributed by atoms with Gasteiger partial charge in [-0.3, -0.25) is 4.79 Å². The summed E-state index contributed by atoms with van der Waals surface area (Å²) in [5.74, 6) is 0.824. The molecule has 1 aliphatic heterocycles. The van der Waals surface area contributed by atoms with Gasteiger partial charge in [0, 0.05) is 13.1 Å². The molecule has 1 aromatic heterocycles. The minimum atomic E-state index is -0.0556. The van der Waals surface area contributed by atoms with E-state index in [1.165, 1.54) is 12.8 Å². The number of rotatable bonds is 2. The Labute approximate surface area is 118 Å². The number of amides is 1. The predicted molar refractivity (Wildman–Crippen MR) is 77.1 cm³/mol. The summed E-state index contributed by atoms with van der Waals surface area (Å²) in [6.45, 7) is 1.61. The summed E-state index contributed by atoms with van der Waals surface area (Å²) in [4.78, 5) is 14.5. The van der Waals surface area contributed by atoms with Gasteiger partial charge in [-0.25, -0.2) is 0 Å². The van der Waals surface area contributed by atoms with Gasteiger partial charge in [-0.15, -0.1) is 0 Å². The average molecular weight is 273 g/mol. The first-order valence-corrected chi connectivity index (χ1v) is 7.16. The molecule has 1 amide bonds. The van der Waals surface area contributed by atoms with Crippen LogP contribution in [0.1, 0.15) is 36.2 Å². The Bertz CT molecular complexity index is 609. The maximum absolute atomic E-state index is 12.7. The van der Waals surface area contributed by atoms with Crippen LogP contribution in [0.4, 0.5) is 0 Å². The molecule has 4 nitrogen and oxygen atoms in total. The Kier molecular flexibility index (Phi) is 3.63. The number of benzene rings is 1. The Hall–Kier alpha value is -1.97. The quantitative estimate of drug-likeness (QED) is 0.841. The lowest BCUT2D eigenvalue weighted by molar-refractivity contribution is 0.0727. The molecule has 0 bridgehead atoms. The molecule has 1 aliphatic rings. The zero-order chi connectivity index (χ0) is 13.9. The summed E-state index contributed by atoms with van der Waals surface area (Å²) in [6, 6.07) is 7.58. The predicted octanol–water partition coefficient (Wildman–Crippen LogP) is 3.46. The topological polar surface area (TPSA) is 42.7 Å². The molecule has 0 spiro atoms. The van der Waals surface area contributed by atoms with E-state index in [0.717, 1.165) is 31.3 Å². The number of likely N-dealkylation sites (tertiary alicyclic amines) is 1. The smallest absolute Gasteiger partial charge is 0.293 e. The number of hydrogen-bond donors (Lipinski definition) is 0. The van der Waals surface area contributed by atoms with Crippen LogP contribution in [-0.4, -0.2) is 31.0 Å².